The monoisotopic (exact) mass is 552 g/mol. The van der Waals surface area contributed by atoms with Crippen molar-refractivity contribution in [1.82, 2.24) is 28.7 Å². The molecule has 0 aliphatic rings. The first kappa shape index (κ1) is 24.3. The highest BCUT2D eigenvalue weighted by Gasteiger charge is 2.22. The van der Waals surface area contributed by atoms with Crippen LogP contribution in [0.4, 0.5) is 11.9 Å². The van der Waals surface area contributed by atoms with E-state index in [9.17, 15) is 0 Å². The molecular formula is C35H20N8. The molecule has 8 rings (SSSR count). The number of hydrogen-bond donors (Lipinski definition) is 0. The molecule has 43 heavy (non-hydrogen) atoms. The fourth-order valence-corrected chi connectivity index (χ4v) is 5.77. The Labute approximate surface area is 246 Å². The van der Waals surface area contributed by atoms with Crippen molar-refractivity contribution in [3.05, 3.63) is 144 Å². The average molecular weight is 553 g/mol. The highest BCUT2D eigenvalue weighted by atomic mass is 15.2. The predicted molar refractivity (Wildman–Crippen MR) is 168 cm³/mol. The smallest absolute Gasteiger partial charge is 0.344 e. The standard InChI is InChI=1S/C35H20N8/c1-36-34-39-28-13-5-9-17-32(28)42(34)24-19-23(20-25(21-24)43-33-18-10-6-14-29(33)40-35(43)37-2)26-11-3-7-15-30(26)41-22-38-27-12-4-8-16-31(27)41/h3-22H. The van der Waals surface area contributed by atoms with E-state index >= 15 is 0 Å². The Morgan fingerprint density at radius 1 is 0.535 bits per heavy atom. The van der Waals surface area contributed by atoms with Gasteiger partial charge in [0.2, 0.25) is 0 Å². The van der Waals surface area contributed by atoms with Crippen LogP contribution >= 0.6 is 0 Å². The molecule has 0 radical (unpaired) electrons. The van der Waals surface area contributed by atoms with E-state index in [1.807, 2.05) is 100 Å². The third-order valence-electron chi connectivity index (χ3n) is 7.63. The molecule has 5 aromatic carbocycles. The molecule has 200 valence electrons. The molecule has 0 amide bonds. The lowest BCUT2D eigenvalue weighted by molar-refractivity contribution is 1.08. The number of fused-ring (bicyclic) bond motifs is 3. The van der Waals surface area contributed by atoms with Crippen LogP contribution in [0.5, 0.6) is 0 Å². The fraction of sp³-hybridized carbons (Fsp3) is 0. The molecule has 0 saturated carbocycles. The van der Waals surface area contributed by atoms with Crippen LogP contribution in [0.25, 0.3) is 71.0 Å². The summed E-state index contributed by atoms with van der Waals surface area (Å²) in [6.45, 7) is 15.9. The van der Waals surface area contributed by atoms with Gasteiger partial charge < -0.3 is 9.69 Å². The lowest BCUT2D eigenvalue weighted by Gasteiger charge is -2.15. The number of aromatic nitrogens is 6. The van der Waals surface area contributed by atoms with Crippen molar-refractivity contribution in [2.45, 2.75) is 0 Å². The van der Waals surface area contributed by atoms with E-state index in [-0.39, 0.29) is 11.9 Å². The molecule has 0 N–H and O–H groups in total. The number of benzene rings is 5. The summed E-state index contributed by atoms with van der Waals surface area (Å²) in [6, 6.07) is 37.8. The van der Waals surface area contributed by atoms with Crippen LogP contribution in [-0.4, -0.2) is 28.7 Å². The minimum absolute atomic E-state index is 0.263. The zero-order valence-electron chi connectivity index (χ0n) is 22.6. The van der Waals surface area contributed by atoms with Crippen molar-refractivity contribution in [2.24, 2.45) is 0 Å². The third kappa shape index (κ3) is 3.79. The first-order valence-electron chi connectivity index (χ1n) is 13.6. The molecule has 0 fully saturated rings. The van der Waals surface area contributed by atoms with E-state index in [4.69, 9.17) is 13.1 Å². The van der Waals surface area contributed by atoms with Gasteiger partial charge in [-0.2, -0.15) is 0 Å². The Kier molecular flexibility index (Phi) is 5.40. The molecule has 3 heterocycles. The summed E-state index contributed by atoms with van der Waals surface area (Å²) < 4.78 is 5.84. The zero-order chi connectivity index (χ0) is 28.9. The minimum atomic E-state index is 0.263. The van der Waals surface area contributed by atoms with Crippen LogP contribution < -0.4 is 0 Å². The Morgan fingerprint density at radius 3 is 1.65 bits per heavy atom. The van der Waals surface area contributed by atoms with Crippen LogP contribution in [0.1, 0.15) is 0 Å². The van der Waals surface area contributed by atoms with Gasteiger partial charge in [0.15, 0.2) is 11.0 Å². The maximum Gasteiger partial charge on any atom is 0.344 e. The summed E-state index contributed by atoms with van der Waals surface area (Å²) in [7, 11) is 0. The van der Waals surface area contributed by atoms with Gasteiger partial charge in [-0.3, -0.25) is 13.7 Å². The molecule has 8 heteroatoms. The van der Waals surface area contributed by atoms with Crippen molar-refractivity contribution >= 4 is 45.0 Å². The topological polar surface area (TPSA) is 62.2 Å². The summed E-state index contributed by atoms with van der Waals surface area (Å²) in [4.78, 5) is 21.4. The van der Waals surface area contributed by atoms with Crippen LogP contribution in [0.3, 0.4) is 0 Å². The Hall–Kier alpha value is -6.51. The van der Waals surface area contributed by atoms with Crippen LogP contribution in [0, 0.1) is 13.1 Å². The van der Waals surface area contributed by atoms with Crippen molar-refractivity contribution in [2.75, 3.05) is 0 Å². The highest BCUT2D eigenvalue weighted by molar-refractivity contribution is 5.87. The molecule has 0 bridgehead atoms. The van der Waals surface area contributed by atoms with Gasteiger partial charge in [-0.25, -0.2) is 4.98 Å². The van der Waals surface area contributed by atoms with Gasteiger partial charge in [-0.1, -0.05) is 54.6 Å². The van der Waals surface area contributed by atoms with Gasteiger partial charge in [0, 0.05) is 11.6 Å². The van der Waals surface area contributed by atoms with E-state index in [0.717, 1.165) is 61.3 Å². The molecular weight excluding hydrogens is 532 g/mol. The normalized spacial score (nSPS) is 11.2. The lowest BCUT2D eigenvalue weighted by Crippen LogP contribution is -2.01. The first-order valence-corrected chi connectivity index (χ1v) is 13.6. The van der Waals surface area contributed by atoms with E-state index < -0.39 is 0 Å². The summed E-state index contributed by atoms with van der Waals surface area (Å²) in [5, 5.41) is 0. The maximum absolute atomic E-state index is 7.93. The van der Waals surface area contributed by atoms with Crippen molar-refractivity contribution in [3.8, 4) is 28.2 Å². The summed E-state index contributed by atoms with van der Waals surface area (Å²) in [5.41, 5.74) is 9.38. The van der Waals surface area contributed by atoms with Crippen molar-refractivity contribution in [3.63, 3.8) is 0 Å². The maximum atomic E-state index is 7.93. The summed E-state index contributed by atoms with van der Waals surface area (Å²) >= 11 is 0. The van der Waals surface area contributed by atoms with E-state index in [1.54, 1.807) is 0 Å². The number of hydrogen-bond acceptors (Lipinski definition) is 3. The SMILES string of the molecule is [C-]#[N+]c1nc2ccccc2n1-c1cc(-c2ccccc2-n2cnc3ccccc32)cc(-n2c([N+]#[C-])nc3ccccc32)c1. The molecule has 0 spiro atoms. The summed E-state index contributed by atoms with van der Waals surface area (Å²) in [6.07, 6.45) is 1.84. The Balaban J connectivity index is 1.46. The number of para-hydroxylation sites is 7. The lowest BCUT2D eigenvalue weighted by atomic mass is 10.0. The van der Waals surface area contributed by atoms with Crippen LogP contribution in [0.15, 0.2) is 122 Å². The van der Waals surface area contributed by atoms with E-state index in [2.05, 4.69) is 59.5 Å². The van der Waals surface area contributed by atoms with E-state index in [1.165, 1.54) is 0 Å². The van der Waals surface area contributed by atoms with Crippen LogP contribution in [-0.2, 0) is 0 Å². The predicted octanol–water partition coefficient (Wildman–Crippen LogP) is 8.47. The molecule has 0 saturated heterocycles. The molecule has 0 aliphatic heterocycles. The summed E-state index contributed by atoms with van der Waals surface area (Å²) in [5.74, 6) is 0.526. The van der Waals surface area contributed by atoms with Gasteiger partial charge in [0.1, 0.15) is 17.4 Å². The number of rotatable bonds is 4. The van der Waals surface area contributed by atoms with Gasteiger partial charge in [-0.05, 0) is 60.2 Å². The molecule has 0 aliphatic carbocycles. The highest BCUT2D eigenvalue weighted by Crippen LogP contribution is 2.37. The largest absolute Gasteiger partial charge is 0.396 e. The molecule has 0 atom stereocenters. The van der Waals surface area contributed by atoms with Gasteiger partial charge in [0.25, 0.3) is 0 Å². The van der Waals surface area contributed by atoms with Gasteiger partial charge >= 0.3 is 11.9 Å². The second-order valence-corrected chi connectivity index (χ2v) is 10.1. The Bertz CT molecular complexity index is 2330. The number of nitrogens with zero attached hydrogens (tertiary/aromatic N) is 8. The first-order chi connectivity index (χ1) is 21.2. The quantitative estimate of drug-likeness (QED) is 0.206. The van der Waals surface area contributed by atoms with Gasteiger partial charge in [0.05, 0.1) is 28.1 Å². The fourth-order valence-electron chi connectivity index (χ4n) is 5.77. The van der Waals surface area contributed by atoms with Gasteiger partial charge in [-0.15, -0.1) is 23.1 Å². The minimum Gasteiger partial charge on any atom is -0.396 e. The molecule has 3 aromatic heterocycles. The Morgan fingerprint density at radius 2 is 1.05 bits per heavy atom. The second-order valence-electron chi connectivity index (χ2n) is 10.1. The van der Waals surface area contributed by atoms with Crippen LogP contribution in [0.2, 0.25) is 0 Å². The van der Waals surface area contributed by atoms with Crippen molar-refractivity contribution in [1.29, 1.82) is 0 Å². The average Bonchev–Trinajstić information content (AvgIpc) is 3.77. The molecule has 8 aromatic rings. The molecule has 0 unspecified atom stereocenters. The molecule has 8 nitrogen and oxygen atoms in total. The third-order valence-corrected chi connectivity index (χ3v) is 7.63. The number of imidazole rings is 3. The van der Waals surface area contributed by atoms with E-state index in [0.29, 0.717) is 0 Å². The second kappa shape index (κ2) is 9.55. The zero-order valence-corrected chi connectivity index (χ0v) is 22.6. The van der Waals surface area contributed by atoms with Crippen molar-refractivity contribution < 1.29 is 0 Å².